The average molecular weight is 367 g/mol. The van der Waals surface area contributed by atoms with Crippen LogP contribution in [-0.4, -0.2) is 25.7 Å². The molecule has 0 saturated carbocycles. The number of azo groups is 1. The molecule has 0 bridgehead atoms. The van der Waals surface area contributed by atoms with E-state index in [1.165, 1.54) is 48.5 Å². The monoisotopic (exact) mass is 367 g/mol. The largest absolute Gasteiger partial charge is 0.508 e. The lowest BCUT2D eigenvalue weighted by molar-refractivity contribution is -0.384. The highest BCUT2D eigenvalue weighted by Gasteiger charge is 2.20. The maximum atomic E-state index is 12.5. The van der Waals surface area contributed by atoms with Gasteiger partial charge in [-0.3, -0.25) is 14.9 Å². The zero-order valence-electron chi connectivity index (χ0n) is 13.7. The highest BCUT2D eigenvalue weighted by atomic mass is 16.6. The van der Waals surface area contributed by atoms with E-state index in [2.05, 4.69) is 15.3 Å². The van der Waals surface area contributed by atoms with Crippen molar-refractivity contribution < 1.29 is 14.8 Å². The molecule has 0 radical (unpaired) electrons. The minimum atomic E-state index is -0.625. The fourth-order valence-electron chi connectivity index (χ4n) is 2.17. The normalized spacial score (nSPS) is 11.0. The molecule has 11 heteroatoms. The van der Waals surface area contributed by atoms with Crippen molar-refractivity contribution in [3.8, 4) is 5.75 Å². The van der Waals surface area contributed by atoms with Crippen molar-refractivity contribution in [1.29, 1.82) is 0 Å². The summed E-state index contributed by atoms with van der Waals surface area (Å²) in [6, 6.07) is 10.9. The van der Waals surface area contributed by atoms with E-state index in [-0.39, 0.29) is 34.3 Å². The van der Waals surface area contributed by atoms with Gasteiger partial charge in [-0.15, -0.1) is 10.2 Å². The Labute approximate surface area is 151 Å². The van der Waals surface area contributed by atoms with Crippen LogP contribution < -0.4 is 11.5 Å². The topological polar surface area (TPSA) is 175 Å². The number of phenolic OH excluding ortho intramolecular Hbond substituents is 1. The molecule has 5 N–H and O–H groups in total. The minimum absolute atomic E-state index is 0.0123. The van der Waals surface area contributed by atoms with Gasteiger partial charge in [0.1, 0.15) is 5.75 Å². The zero-order chi connectivity index (χ0) is 19.6. The van der Waals surface area contributed by atoms with Gasteiger partial charge in [0.05, 0.1) is 10.6 Å². The Morgan fingerprint density at radius 2 is 1.70 bits per heavy atom. The molecule has 0 aliphatic carbocycles. The number of nitro groups is 1. The summed E-state index contributed by atoms with van der Waals surface area (Å²) in [5, 5.41) is 31.6. The number of aromatic nitrogens is 2. The Hall–Kier alpha value is -4.28. The molecule has 27 heavy (non-hydrogen) atoms. The van der Waals surface area contributed by atoms with Crippen molar-refractivity contribution in [2.45, 2.75) is 0 Å². The second-order valence-corrected chi connectivity index (χ2v) is 5.36. The molecule has 0 unspecified atom stereocenters. The van der Waals surface area contributed by atoms with Crippen LogP contribution in [0.2, 0.25) is 0 Å². The van der Waals surface area contributed by atoms with E-state index in [1.54, 1.807) is 0 Å². The average Bonchev–Trinajstić information content (AvgIpc) is 2.94. The molecule has 0 fully saturated rings. The number of hydrogen-bond acceptors (Lipinski definition) is 9. The molecule has 0 aliphatic heterocycles. The lowest BCUT2D eigenvalue weighted by Gasteiger charge is -2.02. The van der Waals surface area contributed by atoms with Crippen molar-refractivity contribution in [3.05, 3.63) is 64.2 Å². The first kappa shape index (κ1) is 17.5. The van der Waals surface area contributed by atoms with Crippen molar-refractivity contribution in [3.63, 3.8) is 0 Å². The number of aromatic hydroxyl groups is 1. The standard InChI is InChI=1S/C16H13N7O4/c17-14-13(20-19-10-3-7-12(24)8-4-10)15(18)22(21-14)16(25)9-1-5-11(6-2-9)23(26)27/h1-8,24H,18H2,(H2,17,21). The van der Waals surface area contributed by atoms with Gasteiger partial charge in [0, 0.05) is 17.7 Å². The Kier molecular flexibility index (Phi) is 4.49. The second kappa shape index (κ2) is 6.92. The van der Waals surface area contributed by atoms with E-state index >= 15 is 0 Å². The zero-order valence-corrected chi connectivity index (χ0v) is 13.7. The van der Waals surface area contributed by atoms with Crippen molar-refractivity contribution in [2.24, 2.45) is 10.2 Å². The van der Waals surface area contributed by atoms with E-state index in [4.69, 9.17) is 11.5 Å². The predicted molar refractivity (Wildman–Crippen MR) is 96.2 cm³/mol. The number of nitrogens with zero attached hydrogens (tertiary/aromatic N) is 5. The Morgan fingerprint density at radius 1 is 1.07 bits per heavy atom. The molecule has 1 heterocycles. The van der Waals surface area contributed by atoms with Crippen molar-refractivity contribution in [1.82, 2.24) is 9.78 Å². The van der Waals surface area contributed by atoms with Gasteiger partial charge in [0.2, 0.25) is 0 Å². The van der Waals surface area contributed by atoms with Gasteiger partial charge in [-0.05, 0) is 36.4 Å². The molecule has 3 rings (SSSR count). The Morgan fingerprint density at radius 3 is 2.30 bits per heavy atom. The first-order valence-electron chi connectivity index (χ1n) is 7.50. The highest BCUT2D eigenvalue weighted by molar-refractivity contribution is 5.99. The number of nitrogen functional groups attached to an aromatic ring is 2. The van der Waals surface area contributed by atoms with E-state index in [1.807, 2.05) is 0 Å². The SMILES string of the molecule is Nc1nn(C(=O)c2ccc([N+](=O)[O-])cc2)c(N)c1N=Nc1ccc(O)cc1. The van der Waals surface area contributed by atoms with Crippen LogP contribution in [0.1, 0.15) is 10.4 Å². The molecule has 0 spiro atoms. The molecule has 0 atom stereocenters. The number of hydrogen-bond donors (Lipinski definition) is 3. The van der Waals surface area contributed by atoms with Crippen LogP contribution in [0.15, 0.2) is 58.8 Å². The molecule has 2 aromatic carbocycles. The van der Waals surface area contributed by atoms with Gasteiger partial charge in [-0.1, -0.05) is 0 Å². The van der Waals surface area contributed by atoms with Crippen LogP contribution in [0.5, 0.6) is 5.75 Å². The fourth-order valence-corrected chi connectivity index (χ4v) is 2.17. The van der Waals surface area contributed by atoms with E-state index in [0.717, 1.165) is 4.68 Å². The quantitative estimate of drug-likeness (QED) is 0.360. The third-order valence-electron chi connectivity index (χ3n) is 3.55. The molecular formula is C16H13N7O4. The van der Waals surface area contributed by atoms with Gasteiger partial charge in [-0.2, -0.15) is 9.80 Å². The van der Waals surface area contributed by atoms with Crippen LogP contribution in [0, 0.1) is 10.1 Å². The van der Waals surface area contributed by atoms with E-state index < -0.39 is 10.8 Å². The van der Waals surface area contributed by atoms with Crippen molar-refractivity contribution in [2.75, 3.05) is 11.5 Å². The third kappa shape index (κ3) is 3.56. The predicted octanol–water partition coefficient (Wildman–Crippen LogP) is 2.77. The smallest absolute Gasteiger partial charge is 0.280 e. The van der Waals surface area contributed by atoms with Crippen LogP contribution >= 0.6 is 0 Å². The molecule has 136 valence electrons. The third-order valence-corrected chi connectivity index (χ3v) is 3.55. The van der Waals surface area contributed by atoms with Crippen LogP contribution in [0.25, 0.3) is 0 Å². The van der Waals surface area contributed by atoms with E-state index in [9.17, 15) is 20.0 Å². The van der Waals surface area contributed by atoms with Crippen molar-refractivity contribution >= 4 is 34.6 Å². The number of carbonyl (C=O) groups is 1. The number of nitro benzene ring substituents is 1. The summed E-state index contributed by atoms with van der Waals surface area (Å²) in [6.07, 6.45) is 0. The van der Waals surface area contributed by atoms with Gasteiger partial charge in [-0.25, -0.2) is 0 Å². The fraction of sp³-hybridized carbons (Fsp3) is 0. The molecule has 0 saturated heterocycles. The molecule has 11 nitrogen and oxygen atoms in total. The highest BCUT2D eigenvalue weighted by Crippen LogP contribution is 2.31. The maximum Gasteiger partial charge on any atom is 0.280 e. The lowest BCUT2D eigenvalue weighted by atomic mass is 10.2. The summed E-state index contributed by atoms with van der Waals surface area (Å²) in [7, 11) is 0. The number of anilines is 2. The molecule has 3 aromatic rings. The van der Waals surface area contributed by atoms with Crippen LogP contribution in [0.3, 0.4) is 0 Å². The summed E-state index contributed by atoms with van der Waals surface area (Å²) in [6.45, 7) is 0. The Bertz CT molecular complexity index is 1040. The van der Waals surface area contributed by atoms with E-state index in [0.29, 0.717) is 5.69 Å². The number of benzene rings is 2. The first-order valence-corrected chi connectivity index (χ1v) is 7.50. The summed E-state index contributed by atoms with van der Waals surface area (Å²) in [5.41, 5.74) is 12.1. The van der Waals surface area contributed by atoms with Crippen LogP contribution in [0.4, 0.5) is 28.7 Å². The molecule has 1 aromatic heterocycles. The molecule has 0 amide bonds. The van der Waals surface area contributed by atoms with Gasteiger partial charge in [0.25, 0.3) is 11.6 Å². The van der Waals surface area contributed by atoms with Gasteiger partial charge >= 0.3 is 0 Å². The molecule has 0 aliphatic rings. The summed E-state index contributed by atoms with van der Waals surface area (Å²) in [4.78, 5) is 22.6. The number of nitrogens with two attached hydrogens (primary N) is 2. The van der Waals surface area contributed by atoms with Gasteiger partial charge in [0.15, 0.2) is 17.3 Å². The number of phenols is 1. The maximum absolute atomic E-state index is 12.5. The summed E-state index contributed by atoms with van der Waals surface area (Å²) < 4.78 is 0.849. The second-order valence-electron chi connectivity index (χ2n) is 5.36. The lowest BCUT2D eigenvalue weighted by Crippen LogP contribution is -2.16. The van der Waals surface area contributed by atoms with Gasteiger partial charge < -0.3 is 16.6 Å². The first-order chi connectivity index (χ1) is 12.9. The number of rotatable bonds is 4. The number of non-ortho nitro benzene ring substituents is 1. The Balaban J connectivity index is 1.89. The van der Waals surface area contributed by atoms with Crippen LogP contribution in [-0.2, 0) is 0 Å². The minimum Gasteiger partial charge on any atom is -0.508 e. The molecular weight excluding hydrogens is 354 g/mol. The summed E-state index contributed by atoms with van der Waals surface area (Å²) >= 11 is 0. The number of carbonyl (C=O) groups excluding carboxylic acids is 1. The summed E-state index contributed by atoms with van der Waals surface area (Å²) in [5.74, 6) is -0.779.